The van der Waals surface area contributed by atoms with Gasteiger partial charge in [-0.15, -0.1) is 0 Å². The Morgan fingerprint density at radius 2 is 0.865 bits per heavy atom. The van der Waals surface area contributed by atoms with Gasteiger partial charge in [0.05, 0.1) is 15.3 Å². The van der Waals surface area contributed by atoms with Crippen LogP contribution >= 0.6 is 0 Å². The largest absolute Gasteiger partial charge is 0.337 e. The molecule has 0 fully saturated rings. The molecule has 0 amide bonds. The lowest BCUT2D eigenvalue weighted by Crippen LogP contribution is -1.96. The quantitative estimate of drug-likeness (QED) is 0.149. The molecule has 0 radical (unpaired) electrons. The van der Waals surface area contributed by atoms with E-state index in [9.17, 15) is 16.8 Å². The van der Waals surface area contributed by atoms with Gasteiger partial charge in [0.2, 0.25) is 0 Å². The van der Waals surface area contributed by atoms with Crippen LogP contribution in [0.1, 0.15) is 11.1 Å². The van der Waals surface area contributed by atoms with E-state index in [0.29, 0.717) is 22.9 Å². The summed E-state index contributed by atoms with van der Waals surface area (Å²) in [6, 6.07) is 44.3. The summed E-state index contributed by atoms with van der Waals surface area (Å²) >= 11 is 0. The summed E-state index contributed by atoms with van der Waals surface area (Å²) in [5, 5.41) is 4.77. The van der Waals surface area contributed by atoms with Crippen LogP contribution in [0, 0.1) is 0 Å². The van der Waals surface area contributed by atoms with Crippen LogP contribution in [0.15, 0.2) is 155 Å². The van der Waals surface area contributed by atoms with Crippen LogP contribution in [0.3, 0.4) is 0 Å². The Bertz CT molecular complexity index is 2930. The Morgan fingerprint density at radius 3 is 1.40 bits per heavy atom. The molecule has 0 aliphatic rings. The monoisotopic (exact) mass is 720 g/mol. The van der Waals surface area contributed by atoms with E-state index >= 15 is 0 Å². The molecule has 2 aromatic heterocycles. The van der Waals surface area contributed by atoms with E-state index in [2.05, 4.69) is 106 Å². The molecule has 0 N–H and O–H groups in total. The molecule has 6 nitrogen and oxygen atoms in total. The molecule has 0 aliphatic carbocycles. The Labute approximate surface area is 303 Å². The van der Waals surface area contributed by atoms with Crippen LogP contribution in [-0.4, -0.2) is 38.5 Å². The molecule has 258 valence electrons. The highest BCUT2D eigenvalue weighted by Gasteiger charge is 2.14. The molecule has 0 atom stereocenters. The average Bonchev–Trinajstić information content (AvgIpc) is 3.63. The molecule has 0 saturated heterocycles. The van der Waals surface area contributed by atoms with Crippen LogP contribution in [0.5, 0.6) is 0 Å². The van der Waals surface area contributed by atoms with E-state index in [1.165, 1.54) is 34.1 Å². The predicted molar refractivity (Wildman–Crippen MR) is 215 cm³/mol. The Hall–Kier alpha value is -5.70. The van der Waals surface area contributed by atoms with Crippen molar-refractivity contribution in [2.24, 2.45) is 0 Å². The van der Waals surface area contributed by atoms with Crippen molar-refractivity contribution < 1.29 is 16.8 Å². The lowest BCUT2D eigenvalue weighted by atomic mass is 10.0. The van der Waals surface area contributed by atoms with E-state index in [1.54, 1.807) is 24.3 Å². The van der Waals surface area contributed by atoms with Crippen molar-refractivity contribution in [2.45, 2.75) is 22.9 Å². The molecule has 8 heteroatoms. The maximum absolute atomic E-state index is 11.9. The van der Waals surface area contributed by atoms with Crippen molar-refractivity contribution in [1.29, 1.82) is 0 Å². The first-order valence-corrected chi connectivity index (χ1v) is 20.8. The van der Waals surface area contributed by atoms with E-state index in [0.717, 1.165) is 44.3 Å². The fourth-order valence-electron chi connectivity index (χ4n) is 7.10. The van der Waals surface area contributed by atoms with E-state index in [1.807, 2.05) is 36.4 Å². The summed E-state index contributed by atoms with van der Waals surface area (Å²) in [4.78, 5) is 0.631. The fraction of sp³-hybridized carbons (Fsp3) is 0.0909. The van der Waals surface area contributed by atoms with Crippen molar-refractivity contribution in [3.8, 4) is 11.1 Å². The highest BCUT2D eigenvalue weighted by molar-refractivity contribution is 7.91. The van der Waals surface area contributed by atoms with Crippen molar-refractivity contribution in [2.75, 3.05) is 12.5 Å². The van der Waals surface area contributed by atoms with Gasteiger partial charge in [-0.3, -0.25) is 0 Å². The summed E-state index contributed by atoms with van der Waals surface area (Å²) in [7, 11) is -6.47. The zero-order chi connectivity index (χ0) is 36.0. The van der Waals surface area contributed by atoms with Crippen LogP contribution < -0.4 is 0 Å². The number of fused-ring (bicyclic) bond motifs is 6. The summed E-state index contributed by atoms with van der Waals surface area (Å²) in [5.41, 5.74) is 8.76. The van der Waals surface area contributed by atoms with Gasteiger partial charge in [-0.05, 0) is 76.9 Å². The third-order valence-electron chi connectivity index (χ3n) is 9.69. The SMILES string of the molecule is CS(=O)(=O)c1ccc(/C=C\Cn2c3ccccc3c3ccc(-c4ccc5c(c4)c4ccccc4n5C/C=C/c4ccc(S(C)(=O)=O)cc4)cc32)cc1. The van der Waals surface area contributed by atoms with Crippen LogP contribution in [0.25, 0.3) is 66.9 Å². The molecular formula is C44H36N2O4S2. The summed E-state index contributed by atoms with van der Waals surface area (Å²) in [5.74, 6) is 0. The first-order chi connectivity index (χ1) is 25.0. The molecule has 52 heavy (non-hydrogen) atoms. The molecule has 8 rings (SSSR count). The summed E-state index contributed by atoms with van der Waals surface area (Å²) in [6.45, 7) is 1.32. The van der Waals surface area contributed by atoms with Crippen LogP contribution in [0.4, 0.5) is 0 Å². The van der Waals surface area contributed by atoms with Gasteiger partial charge in [-0.1, -0.05) is 103 Å². The van der Waals surface area contributed by atoms with Gasteiger partial charge in [0.1, 0.15) is 0 Å². The topological polar surface area (TPSA) is 78.1 Å². The third-order valence-corrected chi connectivity index (χ3v) is 11.9. The highest BCUT2D eigenvalue weighted by Crippen LogP contribution is 2.36. The van der Waals surface area contributed by atoms with Gasteiger partial charge in [-0.2, -0.15) is 0 Å². The van der Waals surface area contributed by atoms with Gasteiger partial charge in [-0.25, -0.2) is 16.8 Å². The van der Waals surface area contributed by atoms with E-state index in [-0.39, 0.29) is 0 Å². The fourth-order valence-corrected chi connectivity index (χ4v) is 8.36. The van der Waals surface area contributed by atoms with E-state index in [4.69, 9.17) is 0 Å². The van der Waals surface area contributed by atoms with Crippen molar-refractivity contribution >= 4 is 75.4 Å². The summed E-state index contributed by atoms with van der Waals surface area (Å²) < 4.78 is 52.2. The zero-order valence-corrected chi connectivity index (χ0v) is 30.4. The number of hydrogen-bond donors (Lipinski definition) is 0. The number of allylic oxidation sites excluding steroid dienone is 2. The molecular weight excluding hydrogens is 685 g/mol. The second-order valence-corrected chi connectivity index (χ2v) is 17.2. The van der Waals surface area contributed by atoms with Gasteiger partial charge >= 0.3 is 0 Å². The second-order valence-electron chi connectivity index (χ2n) is 13.2. The van der Waals surface area contributed by atoms with Gasteiger partial charge in [0.15, 0.2) is 19.7 Å². The maximum Gasteiger partial charge on any atom is 0.175 e. The smallest absolute Gasteiger partial charge is 0.175 e. The lowest BCUT2D eigenvalue weighted by molar-refractivity contribution is 0.600. The number of benzene rings is 6. The molecule has 0 aliphatic heterocycles. The first kappa shape index (κ1) is 33.4. The number of nitrogens with zero attached hydrogens (tertiary/aromatic N) is 2. The van der Waals surface area contributed by atoms with E-state index < -0.39 is 19.7 Å². The van der Waals surface area contributed by atoms with Crippen LogP contribution in [-0.2, 0) is 32.8 Å². The molecule has 0 saturated carbocycles. The zero-order valence-electron chi connectivity index (χ0n) is 28.8. The Balaban J connectivity index is 1.13. The second kappa shape index (κ2) is 13.1. The molecule has 0 bridgehead atoms. The van der Waals surface area contributed by atoms with Crippen LogP contribution in [0.2, 0.25) is 0 Å². The van der Waals surface area contributed by atoms with Crippen molar-refractivity contribution in [1.82, 2.24) is 9.13 Å². The predicted octanol–water partition coefficient (Wildman–Crippen LogP) is 9.80. The maximum atomic E-state index is 11.9. The Kier molecular flexibility index (Phi) is 8.44. The van der Waals surface area contributed by atoms with Crippen molar-refractivity contribution in [3.05, 3.63) is 157 Å². The molecule has 2 heterocycles. The van der Waals surface area contributed by atoms with Crippen molar-refractivity contribution in [3.63, 3.8) is 0 Å². The third kappa shape index (κ3) is 6.36. The van der Waals surface area contributed by atoms with Gasteiger partial charge in [0, 0.05) is 63.7 Å². The molecule has 8 aromatic rings. The molecule has 6 aromatic carbocycles. The minimum atomic E-state index is -3.24. The standard InChI is InChI=1S/C44H36N2O4S2/c1-51(47,48)35-21-15-31(16-22-35)9-7-27-45-42-14-6-4-12-38(42)40-29-33(20-26-43(40)45)34-19-25-39-37-11-3-5-13-41(37)46(44(39)30-34)28-8-10-32-17-23-36(24-18-32)52(2,49)50/h3-26,29-30H,27-28H2,1-2H3/b9-7+,10-8-. The molecule has 0 unspecified atom stereocenters. The number of para-hydroxylation sites is 2. The minimum Gasteiger partial charge on any atom is -0.337 e. The van der Waals surface area contributed by atoms with Gasteiger partial charge < -0.3 is 9.13 Å². The summed E-state index contributed by atoms with van der Waals surface area (Å²) in [6.07, 6.45) is 10.7. The Morgan fingerprint density at radius 1 is 0.442 bits per heavy atom. The number of rotatable bonds is 9. The highest BCUT2D eigenvalue weighted by atomic mass is 32.2. The first-order valence-electron chi connectivity index (χ1n) is 17.0. The lowest BCUT2D eigenvalue weighted by Gasteiger charge is -2.08. The van der Waals surface area contributed by atoms with Gasteiger partial charge in [0.25, 0.3) is 0 Å². The number of sulfone groups is 2. The minimum absolute atomic E-state index is 0.315. The average molecular weight is 721 g/mol. The molecule has 0 spiro atoms. The normalized spacial score (nSPS) is 12.7. The number of aromatic nitrogens is 2. The number of hydrogen-bond acceptors (Lipinski definition) is 4.